The molecule has 1 fully saturated rings. The van der Waals surface area contributed by atoms with Gasteiger partial charge in [-0.25, -0.2) is 27.4 Å². The van der Waals surface area contributed by atoms with E-state index in [-0.39, 0.29) is 617 Å². The molecule has 1 saturated carbocycles. The third kappa shape index (κ3) is 51.2. The van der Waals surface area contributed by atoms with Gasteiger partial charge in [0.2, 0.25) is 0 Å². The molecule has 1 aliphatic carbocycles. The molecule has 0 aliphatic heterocycles. The molecule has 0 aromatic heterocycles. The van der Waals surface area contributed by atoms with E-state index in [2.05, 4.69) is 27.1 Å². The van der Waals surface area contributed by atoms with Crippen LogP contribution < -0.4 is 617 Å². The number of phosphoric ester groups is 6. The molecular formula is C6H18K12O24P6+12. The number of hydrogen-bond donors (Lipinski definition) is 12. The first-order valence-electron chi connectivity index (χ1n) is 8.01. The quantitative estimate of drug-likeness (QED) is 0.0638. The molecule has 0 bridgehead atoms. The Labute approximate surface area is 784 Å². The second-order valence-electron chi connectivity index (χ2n) is 6.36. The van der Waals surface area contributed by atoms with Crippen LogP contribution in [0.4, 0.5) is 0 Å². The molecule has 0 radical (unpaired) electrons. The molecule has 48 heavy (non-hydrogen) atoms. The van der Waals surface area contributed by atoms with E-state index in [9.17, 15) is 27.4 Å². The molecule has 42 heteroatoms. The third-order valence-corrected chi connectivity index (χ3v) is 6.61. The Morgan fingerprint density at radius 3 is 0.333 bits per heavy atom. The Morgan fingerprint density at radius 1 is 0.229 bits per heavy atom. The number of phosphoric acid groups is 6. The van der Waals surface area contributed by atoms with Crippen LogP contribution in [-0.4, -0.2) is 95.3 Å². The topological polar surface area (TPSA) is 401 Å². The maximum absolute atomic E-state index is 11.4. The van der Waals surface area contributed by atoms with E-state index >= 15 is 0 Å². The first-order chi connectivity index (χ1) is 15.6. The zero-order chi connectivity index (χ0) is 28.7. The Kier molecular flexibility index (Phi) is 93.3. The van der Waals surface area contributed by atoms with Crippen LogP contribution in [0.5, 0.6) is 0 Å². The number of rotatable bonds is 12. The standard InChI is InChI=1S/C6H18O24P6.12K/c7-31(8,9)25-1-2(26-32(10,11)12)4(28-34(16,17)18)6(30-36(22,23)24)5(29-35(19,20)21)3(1)27-33(13,14)15;;;;;;;;;;;;/h1-6H,(H2,7,8,9)(H2,10,11,12)(H2,13,14,15)(H2,16,17,18)(H2,19,20,21)(H2,22,23,24);;;;;;;;;;;;/q;12*+1. The molecule has 0 atom stereocenters. The van der Waals surface area contributed by atoms with Crippen LogP contribution in [0.3, 0.4) is 0 Å². The van der Waals surface area contributed by atoms with Gasteiger partial charge in [-0.15, -0.1) is 0 Å². The second kappa shape index (κ2) is 45.9. The summed E-state index contributed by atoms with van der Waals surface area (Å²) >= 11 is 0. The van der Waals surface area contributed by atoms with E-state index in [1.54, 1.807) is 0 Å². The number of hydrogen-bond acceptors (Lipinski definition) is 12. The zero-order valence-electron chi connectivity index (χ0n) is 28.4. The molecule has 0 unspecified atom stereocenters. The first-order valence-corrected chi connectivity index (χ1v) is 17.2. The van der Waals surface area contributed by atoms with E-state index in [1.165, 1.54) is 0 Å². The third-order valence-electron chi connectivity index (χ3n) is 3.50. The molecule has 12 N–H and O–H groups in total. The van der Waals surface area contributed by atoms with Crippen LogP contribution in [0.25, 0.3) is 0 Å². The molecule has 1 aliphatic rings. The van der Waals surface area contributed by atoms with Crippen molar-refractivity contribution in [2.24, 2.45) is 0 Å². The summed E-state index contributed by atoms with van der Waals surface area (Å²) in [6.45, 7) is 0. The van der Waals surface area contributed by atoms with E-state index < -0.39 is 83.6 Å². The molecule has 0 aromatic rings. The molecule has 216 valence electrons. The van der Waals surface area contributed by atoms with E-state index in [0.29, 0.717) is 0 Å². The van der Waals surface area contributed by atoms with E-state index in [0.717, 1.165) is 0 Å². The van der Waals surface area contributed by atoms with Crippen molar-refractivity contribution < 1.29 is 730 Å². The Morgan fingerprint density at radius 2 is 0.292 bits per heavy atom. The minimum atomic E-state index is -6.02. The smallest absolute Gasteiger partial charge is 0.303 e. The molecule has 1 rings (SSSR count). The predicted octanol–water partition coefficient (Wildman–Crippen LogP) is -39.1. The summed E-state index contributed by atoms with van der Waals surface area (Å²) in [5, 5.41) is 0. The molecule has 0 aromatic carbocycles. The fourth-order valence-electron chi connectivity index (χ4n) is 2.79. The summed E-state index contributed by atoms with van der Waals surface area (Å²) in [5.41, 5.74) is 0. The van der Waals surface area contributed by atoms with Gasteiger partial charge in [-0.1, -0.05) is 0 Å². The summed E-state index contributed by atoms with van der Waals surface area (Å²) in [7, 11) is -36.1. The van der Waals surface area contributed by atoms with Gasteiger partial charge in [-0.3, -0.25) is 27.1 Å². The van der Waals surface area contributed by atoms with Gasteiger partial charge in [0, 0.05) is 0 Å². The summed E-state index contributed by atoms with van der Waals surface area (Å²) < 4.78 is 93.1. The van der Waals surface area contributed by atoms with Gasteiger partial charge in [0.1, 0.15) is 36.6 Å². The molecule has 24 nitrogen and oxygen atoms in total. The fraction of sp³-hybridized carbons (Fsp3) is 1.00. The minimum absolute atomic E-state index is 0. The van der Waals surface area contributed by atoms with Crippen molar-refractivity contribution in [2.75, 3.05) is 0 Å². The normalized spacial score (nSPS) is 22.0. The van der Waals surface area contributed by atoms with Crippen molar-refractivity contribution in [1.82, 2.24) is 0 Å². The molecule has 0 saturated heterocycles. The van der Waals surface area contributed by atoms with E-state index in [1.807, 2.05) is 0 Å². The van der Waals surface area contributed by atoms with Crippen LogP contribution in [0, 0.1) is 0 Å². The van der Waals surface area contributed by atoms with Crippen LogP contribution >= 0.6 is 46.9 Å². The predicted molar refractivity (Wildman–Crippen MR) is 102 cm³/mol. The van der Waals surface area contributed by atoms with Crippen molar-refractivity contribution in [3.8, 4) is 0 Å². The summed E-state index contributed by atoms with van der Waals surface area (Å²) in [5.74, 6) is 0. The van der Waals surface area contributed by atoms with Gasteiger partial charge in [0.25, 0.3) is 0 Å². The monoisotopic (exact) mass is 1130 g/mol. The van der Waals surface area contributed by atoms with Gasteiger partial charge in [-0.05, 0) is 0 Å². The van der Waals surface area contributed by atoms with Crippen LogP contribution in [0.15, 0.2) is 0 Å². The average Bonchev–Trinajstić information content (AvgIpc) is 2.51. The molecular weight excluding hydrogens is 1110 g/mol. The second-order valence-corrected chi connectivity index (χ2v) is 13.5. The van der Waals surface area contributed by atoms with Gasteiger partial charge in [0.05, 0.1) is 0 Å². The Bertz CT molecular complexity index is 857. The summed E-state index contributed by atoms with van der Waals surface area (Å²) in [4.78, 5) is 110. The van der Waals surface area contributed by atoms with Crippen molar-refractivity contribution >= 4 is 46.9 Å². The van der Waals surface area contributed by atoms with E-state index in [4.69, 9.17) is 58.7 Å². The van der Waals surface area contributed by atoms with Crippen molar-refractivity contribution in [2.45, 2.75) is 36.6 Å². The SMILES string of the molecule is O=P(O)(O)OC1C(OP(=O)(O)O)C(OP(=O)(O)O)C(OP(=O)(O)O)C(OP(=O)(O)O)C1OP(=O)(O)O.[K+].[K+].[K+].[K+].[K+].[K+].[K+].[K+].[K+].[K+].[K+].[K+]. The molecule has 0 heterocycles. The largest absolute Gasteiger partial charge is 1.00 e. The summed E-state index contributed by atoms with van der Waals surface area (Å²) in [6, 6.07) is 0. The maximum atomic E-state index is 11.4. The fourth-order valence-corrected chi connectivity index (χ4v) is 6.14. The maximum Gasteiger partial charge on any atom is 1.00 e. The molecule has 0 spiro atoms. The van der Waals surface area contributed by atoms with Gasteiger partial charge >= 0.3 is 664 Å². The van der Waals surface area contributed by atoms with Gasteiger partial charge in [-0.2, -0.15) is 0 Å². The van der Waals surface area contributed by atoms with Crippen LogP contribution in [0.2, 0.25) is 0 Å². The molecule has 0 amide bonds. The van der Waals surface area contributed by atoms with Crippen molar-refractivity contribution in [1.29, 1.82) is 0 Å². The average molecular weight is 1130 g/mol. The van der Waals surface area contributed by atoms with Crippen LogP contribution in [0.1, 0.15) is 0 Å². The van der Waals surface area contributed by atoms with Crippen LogP contribution in [-0.2, 0) is 54.5 Å². The van der Waals surface area contributed by atoms with Gasteiger partial charge < -0.3 is 58.7 Å². The van der Waals surface area contributed by atoms with Crippen molar-refractivity contribution in [3.05, 3.63) is 0 Å². The summed E-state index contributed by atoms with van der Waals surface area (Å²) in [6.07, 6.45) is -18.9. The Hall–Kier alpha value is 20.3. The first kappa shape index (κ1) is 97.6. The van der Waals surface area contributed by atoms with Crippen molar-refractivity contribution in [3.63, 3.8) is 0 Å². The Balaban J connectivity index is -0.000000108. The van der Waals surface area contributed by atoms with Gasteiger partial charge in [0.15, 0.2) is 0 Å². The minimum Gasteiger partial charge on any atom is -0.303 e. The zero-order valence-corrected chi connectivity index (χ0v) is 71.3.